The van der Waals surface area contributed by atoms with Crippen LogP contribution in [0.15, 0.2) is 190 Å². The molecule has 0 amide bonds. The number of hydrogen-bond acceptors (Lipinski definition) is 3. The van der Waals surface area contributed by atoms with Crippen LogP contribution in [0.4, 0.5) is 0 Å². The molecule has 8 aromatic carbocycles. The zero-order valence-electron chi connectivity index (χ0n) is 33.2. The standard InChI is InChI=1S/C55H38N4OS/c56-54(58-55(57-33-34-13-2-1-3-14-34)38-28-27-35-15-4-5-16-36(35)31-38)43-21-11-25-49-51(43)44-32-37(29-30-48(44)60-49)39-19-12-26-50-52(39)42-20-10-24-47(53(42)61-50)59-45-22-8-6-17-40(45)41-18-7-9-23-46(41)59/h1-6,8-17,19-32H,7,18,33H2,(H2,56,57,58). The van der Waals surface area contributed by atoms with E-state index < -0.39 is 0 Å². The third-order valence-electron chi connectivity index (χ3n) is 12.2. The van der Waals surface area contributed by atoms with Gasteiger partial charge in [0.2, 0.25) is 0 Å². The number of aromatic nitrogens is 1. The molecule has 6 heteroatoms. The molecule has 0 fully saturated rings. The molecule has 11 aromatic rings. The molecule has 0 radical (unpaired) electrons. The van der Waals surface area contributed by atoms with Crippen molar-refractivity contribution in [2.24, 2.45) is 15.7 Å². The van der Waals surface area contributed by atoms with Crippen LogP contribution in [-0.4, -0.2) is 16.2 Å². The van der Waals surface area contributed by atoms with Crippen LogP contribution >= 0.6 is 11.3 Å². The summed E-state index contributed by atoms with van der Waals surface area (Å²) in [5.41, 5.74) is 18.9. The summed E-state index contributed by atoms with van der Waals surface area (Å²) in [7, 11) is 0. The number of aliphatic imine (C=N–C) groups is 2. The predicted molar refractivity (Wildman–Crippen MR) is 258 cm³/mol. The molecule has 290 valence electrons. The van der Waals surface area contributed by atoms with Gasteiger partial charge in [0.1, 0.15) is 17.0 Å². The van der Waals surface area contributed by atoms with Gasteiger partial charge < -0.3 is 14.7 Å². The van der Waals surface area contributed by atoms with Crippen molar-refractivity contribution in [2.75, 3.05) is 0 Å². The molecular formula is C55H38N4OS. The van der Waals surface area contributed by atoms with E-state index in [9.17, 15) is 0 Å². The Hall–Kier alpha value is -7.54. The highest BCUT2D eigenvalue weighted by Gasteiger charge is 2.22. The summed E-state index contributed by atoms with van der Waals surface area (Å²) >= 11 is 1.87. The fraction of sp³-hybridized carbons (Fsp3) is 0.0545. The van der Waals surface area contributed by atoms with Crippen LogP contribution in [0, 0.1) is 0 Å². The minimum atomic E-state index is 0.381. The molecule has 5 nitrogen and oxygen atoms in total. The second-order valence-corrected chi connectivity index (χ2v) is 16.8. The van der Waals surface area contributed by atoms with Crippen LogP contribution in [0.25, 0.3) is 86.7 Å². The molecule has 0 atom stereocenters. The number of benzene rings is 8. The van der Waals surface area contributed by atoms with Crippen molar-refractivity contribution in [2.45, 2.75) is 19.4 Å². The summed E-state index contributed by atoms with van der Waals surface area (Å²) < 4.78 is 11.5. The third kappa shape index (κ3) is 5.90. The summed E-state index contributed by atoms with van der Waals surface area (Å²) in [5.74, 6) is 0.962. The molecule has 0 unspecified atom stereocenters. The second kappa shape index (κ2) is 14.3. The van der Waals surface area contributed by atoms with Crippen molar-refractivity contribution in [1.82, 2.24) is 4.57 Å². The average molecular weight is 803 g/mol. The molecule has 1 aliphatic carbocycles. The van der Waals surface area contributed by atoms with E-state index in [4.69, 9.17) is 20.1 Å². The molecule has 2 N–H and O–H groups in total. The van der Waals surface area contributed by atoms with Gasteiger partial charge in [-0.3, -0.25) is 4.99 Å². The maximum absolute atomic E-state index is 7.06. The average Bonchev–Trinajstić information content (AvgIpc) is 4.00. The third-order valence-corrected chi connectivity index (χ3v) is 13.4. The van der Waals surface area contributed by atoms with E-state index in [0.29, 0.717) is 18.2 Å². The fourth-order valence-electron chi connectivity index (χ4n) is 9.35. The number of aryl methyl sites for hydroxylation is 1. The minimum Gasteiger partial charge on any atom is -0.456 e. The van der Waals surface area contributed by atoms with Crippen molar-refractivity contribution < 1.29 is 4.42 Å². The normalized spacial score (nSPS) is 13.4. The maximum Gasteiger partial charge on any atom is 0.157 e. The van der Waals surface area contributed by atoms with Gasteiger partial charge in [-0.05, 0) is 94.4 Å². The summed E-state index contributed by atoms with van der Waals surface area (Å²) in [4.78, 5) is 10.1. The van der Waals surface area contributed by atoms with Crippen LogP contribution in [0.3, 0.4) is 0 Å². The van der Waals surface area contributed by atoms with Crippen molar-refractivity contribution >= 4 is 92.9 Å². The lowest BCUT2D eigenvalue weighted by Gasteiger charge is -2.13. The first-order chi connectivity index (χ1) is 30.2. The van der Waals surface area contributed by atoms with Gasteiger partial charge in [0, 0.05) is 48.5 Å². The fourth-order valence-corrected chi connectivity index (χ4v) is 10.6. The van der Waals surface area contributed by atoms with Gasteiger partial charge in [-0.1, -0.05) is 133 Å². The number of fused-ring (bicyclic) bond motifs is 10. The highest BCUT2D eigenvalue weighted by atomic mass is 32.1. The van der Waals surface area contributed by atoms with E-state index in [1.807, 2.05) is 47.7 Å². The van der Waals surface area contributed by atoms with Gasteiger partial charge in [-0.25, -0.2) is 4.99 Å². The lowest BCUT2D eigenvalue weighted by atomic mass is 9.97. The summed E-state index contributed by atoms with van der Waals surface area (Å²) in [6, 6.07) is 59.8. The number of allylic oxidation sites excluding steroid dienone is 1. The Balaban J connectivity index is 1.00. The van der Waals surface area contributed by atoms with Crippen molar-refractivity contribution in [3.63, 3.8) is 0 Å². The molecule has 0 bridgehead atoms. The first-order valence-corrected chi connectivity index (χ1v) is 21.6. The molecule has 3 heterocycles. The molecule has 12 rings (SSSR count). The molecular weight excluding hydrogens is 765 g/mol. The van der Waals surface area contributed by atoms with E-state index in [1.165, 1.54) is 53.6 Å². The maximum atomic E-state index is 7.06. The second-order valence-electron chi connectivity index (χ2n) is 15.8. The van der Waals surface area contributed by atoms with Gasteiger partial charge in [-0.2, -0.15) is 0 Å². The Morgan fingerprint density at radius 1 is 0.672 bits per heavy atom. The number of furan rings is 1. The van der Waals surface area contributed by atoms with Crippen LogP contribution in [0.5, 0.6) is 0 Å². The van der Waals surface area contributed by atoms with Crippen molar-refractivity contribution in [1.29, 1.82) is 0 Å². The van der Waals surface area contributed by atoms with E-state index in [2.05, 4.69) is 150 Å². The number of thiophene rings is 1. The number of amidine groups is 2. The molecule has 3 aromatic heterocycles. The van der Waals surface area contributed by atoms with Gasteiger partial charge in [-0.15, -0.1) is 11.3 Å². The van der Waals surface area contributed by atoms with Crippen LogP contribution in [-0.2, 0) is 13.0 Å². The zero-order chi connectivity index (χ0) is 40.4. The molecule has 1 aliphatic rings. The zero-order valence-corrected chi connectivity index (χ0v) is 34.0. The predicted octanol–water partition coefficient (Wildman–Crippen LogP) is 14.0. The number of para-hydroxylation sites is 1. The van der Waals surface area contributed by atoms with Crippen molar-refractivity contribution in [3.8, 4) is 16.8 Å². The number of rotatable bonds is 6. The Bertz CT molecular complexity index is 3640. The van der Waals surface area contributed by atoms with Crippen LogP contribution in [0.2, 0.25) is 0 Å². The first-order valence-electron chi connectivity index (χ1n) is 20.8. The largest absolute Gasteiger partial charge is 0.456 e. The Morgan fingerprint density at radius 2 is 1.49 bits per heavy atom. The molecule has 0 saturated carbocycles. The van der Waals surface area contributed by atoms with E-state index >= 15 is 0 Å². The van der Waals surface area contributed by atoms with Gasteiger partial charge >= 0.3 is 0 Å². The Morgan fingerprint density at radius 3 is 2.43 bits per heavy atom. The number of nitrogens with two attached hydrogens (primary N) is 1. The molecule has 61 heavy (non-hydrogen) atoms. The summed E-state index contributed by atoms with van der Waals surface area (Å²) in [6.45, 7) is 0.480. The molecule has 0 saturated heterocycles. The summed E-state index contributed by atoms with van der Waals surface area (Å²) in [6.07, 6.45) is 6.76. The van der Waals surface area contributed by atoms with Gasteiger partial charge in [0.15, 0.2) is 5.84 Å². The Labute approximate surface area is 356 Å². The molecule has 0 spiro atoms. The van der Waals surface area contributed by atoms with Crippen LogP contribution in [0.1, 0.15) is 34.4 Å². The summed E-state index contributed by atoms with van der Waals surface area (Å²) in [5, 5.41) is 8.06. The van der Waals surface area contributed by atoms with Gasteiger partial charge in [0.05, 0.1) is 22.4 Å². The first kappa shape index (κ1) is 35.4. The topological polar surface area (TPSA) is 68.8 Å². The van der Waals surface area contributed by atoms with Crippen molar-refractivity contribution in [3.05, 3.63) is 204 Å². The highest BCUT2D eigenvalue weighted by molar-refractivity contribution is 7.26. The van der Waals surface area contributed by atoms with Gasteiger partial charge in [0.25, 0.3) is 0 Å². The SMILES string of the molecule is NC(=NC(=NCc1ccccc1)c1ccc2ccccc2c1)c1cccc2oc3ccc(-c4cccc5sc6c(-n7c8c(c9ccccc97)CCC=C8)cccc6c45)cc3c12. The number of nitrogens with zero attached hydrogens (tertiary/aromatic N) is 3. The van der Waals surface area contributed by atoms with E-state index in [-0.39, 0.29) is 0 Å². The lowest BCUT2D eigenvalue weighted by molar-refractivity contribution is 0.669. The van der Waals surface area contributed by atoms with Crippen LogP contribution < -0.4 is 5.73 Å². The lowest BCUT2D eigenvalue weighted by Crippen LogP contribution is -2.17. The van der Waals surface area contributed by atoms with E-state index in [0.717, 1.165) is 67.8 Å². The number of hydrogen-bond donors (Lipinski definition) is 1. The molecule has 0 aliphatic heterocycles. The highest BCUT2D eigenvalue weighted by Crippen LogP contribution is 2.45. The van der Waals surface area contributed by atoms with E-state index in [1.54, 1.807) is 0 Å². The Kier molecular flexibility index (Phi) is 8.32. The smallest absolute Gasteiger partial charge is 0.157 e. The minimum absolute atomic E-state index is 0.381. The monoisotopic (exact) mass is 802 g/mol. The quantitative estimate of drug-likeness (QED) is 0.134.